The van der Waals surface area contributed by atoms with E-state index in [9.17, 15) is 9.59 Å². The largest absolute Gasteiger partial charge is 0.493 e. The van der Waals surface area contributed by atoms with Crippen molar-refractivity contribution in [3.05, 3.63) is 59.2 Å². The van der Waals surface area contributed by atoms with Gasteiger partial charge in [0.2, 0.25) is 5.91 Å². The summed E-state index contributed by atoms with van der Waals surface area (Å²) in [6, 6.07) is 12.1. The zero-order chi connectivity index (χ0) is 20.7. The van der Waals surface area contributed by atoms with Gasteiger partial charge in [0.05, 0.1) is 14.2 Å². The second-order valence-corrected chi connectivity index (χ2v) is 6.97. The zero-order valence-corrected chi connectivity index (χ0v) is 17.0. The molecule has 0 aliphatic carbocycles. The maximum absolute atomic E-state index is 12.7. The molecule has 6 heteroatoms. The van der Waals surface area contributed by atoms with Gasteiger partial charge in [-0.15, -0.1) is 0 Å². The first-order chi connectivity index (χ1) is 13.3. The molecule has 2 aromatic carbocycles. The molecule has 6 nitrogen and oxygen atoms in total. The summed E-state index contributed by atoms with van der Waals surface area (Å²) in [7, 11) is 3.14. The van der Waals surface area contributed by atoms with Crippen LogP contribution in [0.2, 0.25) is 0 Å². The van der Waals surface area contributed by atoms with Gasteiger partial charge in [-0.05, 0) is 42.7 Å². The second kappa shape index (κ2) is 9.78. The molecule has 0 fully saturated rings. The third-order valence-corrected chi connectivity index (χ3v) is 4.46. The van der Waals surface area contributed by atoms with Gasteiger partial charge in [0.1, 0.15) is 6.04 Å². The van der Waals surface area contributed by atoms with Crippen LogP contribution in [0.5, 0.6) is 11.5 Å². The monoisotopic (exact) mass is 384 g/mol. The fourth-order valence-electron chi connectivity index (χ4n) is 2.75. The zero-order valence-electron chi connectivity index (χ0n) is 17.0. The van der Waals surface area contributed by atoms with Crippen LogP contribution in [0.1, 0.15) is 35.3 Å². The van der Waals surface area contributed by atoms with Crippen molar-refractivity contribution in [2.75, 3.05) is 14.2 Å². The average Bonchev–Trinajstić information content (AvgIpc) is 2.69. The number of ether oxygens (including phenoxy) is 2. The highest BCUT2D eigenvalue weighted by Crippen LogP contribution is 2.27. The van der Waals surface area contributed by atoms with Crippen LogP contribution in [0.15, 0.2) is 42.5 Å². The Kier molecular flexibility index (Phi) is 7.44. The number of carbonyl (C=O) groups is 2. The molecule has 0 aromatic heterocycles. The molecule has 0 aliphatic heterocycles. The van der Waals surface area contributed by atoms with Crippen LogP contribution in [0, 0.1) is 12.8 Å². The third-order valence-electron chi connectivity index (χ3n) is 4.46. The smallest absolute Gasteiger partial charge is 0.251 e. The summed E-state index contributed by atoms with van der Waals surface area (Å²) in [5.41, 5.74) is 2.48. The number of hydrogen-bond donors (Lipinski definition) is 2. The van der Waals surface area contributed by atoms with E-state index in [2.05, 4.69) is 10.6 Å². The summed E-state index contributed by atoms with van der Waals surface area (Å²) in [4.78, 5) is 25.2. The average molecular weight is 384 g/mol. The Morgan fingerprint density at radius 2 is 1.61 bits per heavy atom. The summed E-state index contributed by atoms with van der Waals surface area (Å²) in [6.07, 6.45) is 0. The van der Waals surface area contributed by atoms with E-state index < -0.39 is 6.04 Å². The second-order valence-electron chi connectivity index (χ2n) is 6.97. The minimum atomic E-state index is -0.631. The minimum Gasteiger partial charge on any atom is -0.493 e. The Morgan fingerprint density at radius 1 is 0.964 bits per heavy atom. The van der Waals surface area contributed by atoms with E-state index in [-0.39, 0.29) is 17.7 Å². The van der Waals surface area contributed by atoms with Crippen LogP contribution >= 0.6 is 0 Å². The molecule has 2 aromatic rings. The van der Waals surface area contributed by atoms with Crippen LogP contribution in [0.3, 0.4) is 0 Å². The summed E-state index contributed by atoms with van der Waals surface area (Å²) >= 11 is 0. The van der Waals surface area contributed by atoms with Gasteiger partial charge in [-0.2, -0.15) is 0 Å². The molecular formula is C22H28N2O4. The molecule has 0 saturated heterocycles. The van der Waals surface area contributed by atoms with Crippen molar-refractivity contribution in [3.63, 3.8) is 0 Å². The standard InChI is InChI=1S/C22H28N2O4/c1-14(2)20(24-21(25)17-9-6-15(3)7-10-17)22(26)23-13-16-8-11-18(27-4)19(12-16)28-5/h6-12,14,20H,13H2,1-5H3,(H,23,26)(H,24,25)/t20-/m0/s1. The lowest BCUT2D eigenvalue weighted by Crippen LogP contribution is -2.49. The van der Waals surface area contributed by atoms with Crippen LogP contribution in [0.4, 0.5) is 0 Å². The topological polar surface area (TPSA) is 76.7 Å². The fraction of sp³-hybridized carbons (Fsp3) is 0.364. The van der Waals surface area contributed by atoms with E-state index in [1.165, 1.54) is 0 Å². The van der Waals surface area contributed by atoms with E-state index in [0.717, 1.165) is 11.1 Å². The molecule has 2 amide bonds. The number of nitrogens with one attached hydrogen (secondary N) is 2. The van der Waals surface area contributed by atoms with Crippen molar-refractivity contribution in [3.8, 4) is 11.5 Å². The maximum Gasteiger partial charge on any atom is 0.251 e. The van der Waals surface area contributed by atoms with Crippen molar-refractivity contribution in [1.82, 2.24) is 10.6 Å². The highest BCUT2D eigenvalue weighted by molar-refractivity contribution is 5.97. The summed E-state index contributed by atoms with van der Waals surface area (Å²) < 4.78 is 10.5. The van der Waals surface area contributed by atoms with Gasteiger partial charge in [-0.25, -0.2) is 0 Å². The molecule has 150 valence electrons. The molecular weight excluding hydrogens is 356 g/mol. The lowest BCUT2D eigenvalue weighted by molar-refractivity contribution is -0.124. The molecule has 0 spiro atoms. The Bertz CT molecular complexity index is 816. The van der Waals surface area contributed by atoms with E-state index in [1.54, 1.807) is 32.4 Å². The number of carbonyl (C=O) groups excluding carboxylic acids is 2. The normalized spacial score (nSPS) is 11.6. The summed E-state index contributed by atoms with van der Waals surface area (Å²) in [5, 5.41) is 5.72. The van der Waals surface area contributed by atoms with E-state index in [4.69, 9.17) is 9.47 Å². The summed E-state index contributed by atoms with van der Waals surface area (Å²) in [6.45, 7) is 6.08. The van der Waals surface area contributed by atoms with Crippen molar-refractivity contribution in [1.29, 1.82) is 0 Å². The first kappa shape index (κ1) is 21.3. The number of aryl methyl sites for hydroxylation is 1. The van der Waals surface area contributed by atoms with Gasteiger partial charge in [0, 0.05) is 12.1 Å². The van der Waals surface area contributed by atoms with Crippen LogP contribution in [-0.2, 0) is 11.3 Å². The summed E-state index contributed by atoms with van der Waals surface area (Å²) in [5.74, 6) is 0.676. The maximum atomic E-state index is 12.7. The molecule has 0 aliphatic rings. The van der Waals surface area contributed by atoms with E-state index in [1.807, 2.05) is 45.0 Å². The molecule has 2 N–H and O–H groups in total. The van der Waals surface area contributed by atoms with Gasteiger partial charge in [0.25, 0.3) is 5.91 Å². The Hall–Kier alpha value is -3.02. The Labute approximate surface area is 166 Å². The Morgan fingerprint density at radius 3 is 2.18 bits per heavy atom. The van der Waals surface area contributed by atoms with Gasteiger partial charge >= 0.3 is 0 Å². The van der Waals surface area contributed by atoms with Crippen molar-refractivity contribution < 1.29 is 19.1 Å². The lowest BCUT2D eigenvalue weighted by Gasteiger charge is -2.22. The quantitative estimate of drug-likeness (QED) is 0.733. The molecule has 0 radical (unpaired) electrons. The molecule has 0 heterocycles. The highest BCUT2D eigenvalue weighted by atomic mass is 16.5. The first-order valence-corrected chi connectivity index (χ1v) is 9.21. The Balaban J connectivity index is 2.02. The van der Waals surface area contributed by atoms with Gasteiger partial charge in [-0.3, -0.25) is 9.59 Å². The molecule has 1 atom stereocenters. The first-order valence-electron chi connectivity index (χ1n) is 9.21. The van der Waals surface area contributed by atoms with Crippen LogP contribution < -0.4 is 20.1 Å². The van der Waals surface area contributed by atoms with E-state index >= 15 is 0 Å². The van der Waals surface area contributed by atoms with Crippen LogP contribution in [0.25, 0.3) is 0 Å². The number of hydrogen-bond acceptors (Lipinski definition) is 4. The number of amides is 2. The number of methoxy groups -OCH3 is 2. The SMILES string of the molecule is COc1ccc(CNC(=O)[C@@H](NC(=O)c2ccc(C)cc2)C(C)C)cc1OC. The van der Waals surface area contributed by atoms with Gasteiger partial charge < -0.3 is 20.1 Å². The fourth-order valence-corrected chi connectivity index (χ4v) is 2.75. The van der Waals surface area contributed by atoms with Gasteiger partial charge in [0.15, 0.2) is 11.5 Å². The van der Waals surface area contributed by atoms with E-state index in [0.29, 0.717) is 23.6 Å². The molecule has 0 bridgehead atoms. The molecule has 28 heavy (non-hydrogen) atoms. The van der Waals surface area contributed by atoms with Crippen LogP contribution in [-0.4, -0.2) is 32.1 Å². The molecule has 2 rings (SSSR count). The predicted molar refractivity (Wildman–Crippen MR) is 109 cm³/mol. The number of rotatable bonds is 8. The minimum absolute atomic E-state index is 0.0557. The number of benzene rings is 2. The molecule has 0 saturated carbocycles. The highest BCUT2D eigenvalue weighted by Gasteiger charge is 2.24. The van der Waals surface area contributed by atoms with Crippen molar-refractivity contribution in [2.45, 2.75) is 33.4 Å². The van der Waals surface area contributed by atoms with Crippen molar-refractivity contribution >= 4 is 11.8 Å². The van der Waals surface area contributed by atoms with Gasteiger partial charge in [-0.1, -0.05) is 37.6 Å². The lowest BCUT2D eigenvalue weighted by atomic mass is 10.0. The molecule has 0 unspecified atom stereocenters. The van der Waals surface area contributed by atoms with Crippen molar-refractivity contribution in [2.24, 2.45) is 5.92 Å². The third kappa shape index (κ3) is 5.49. The predicted octanol–water partition coefficient (Wildman–Crippen LogP) is 3.08.